The fourth-order valence-electron chi connectivity index (χ4n) is 3.32. The summed E-state index contributed by atoms with van der Waals surface area (Å²) in [5.41, 5.74) is 2.80. The maximum Gasteiger partial charge on any atom is 0.270 e. The Labute approximate surface area is 133 Å². The van der Waals surface area contributed by atoms with E-state index in [9.17, 15) is 4.79 Å². The summed E-state index contributed by atoms with van der Waals surface area (Å²) in [5.74, 6) is 0.117. The van der Waals surface area contributed by atoms with E-state index in [0.29, 0.717) is 6.04 Å². The molecule has 112 valence electrons. The standard InChI is InChI=1S/C17H21BrN2O/c1-11-14-10-12(18)8-9-15(14)19-16(11)17(21)20(2)13-6-4-3-5-7-13/h8-10,13,19H,3-7H2,1-2H3. The third-order valence-electron chi connectivity index (χ3n) is 4.68. The van der Waals surface area contributed by atoms with E-state index in [2.05, 4.69) is 27.0 Å². The van der Waals surface area contributed by atoms with Gasteiger partial charge in [0, 0.05) is 28.5 Å². The first-order valence-electron chi connectivity index (χ1n) is 7.63. The first-order valence-corrected chi connectivity index (χ1v) is 8.42. The molecule has 1 aromatic carbocycles. The number of aryl methyl sites for hydroxylation is 1. The number of hydrogen-bond acceptors (Lipinski definition) is 1. The maximum absolute atomic E-state index is 12.8. The molecule has 0 radical (unpaired) electrons. The second-order valence-electron chi connectivity index (χ2n) is 6.02. The van der Waals surface area contributed by atoms with Gasteiger partial charge in [0.25, 0.3) is 5.91 Å². The normalized spacial score (nSPS) is 16.3. The number of carbonyl (C=O) groups excluding carboxylic acids is 1. The zero-order valence-corrected chi connectivity index (χ0v) is 14.2. The molecule has 1 fully saturated rings. The fourth-order valence-corrected chi connectivity index (χ4v) is 3.68. The lowest BCUT2D eigenvalue weighted by Gasteiger charge is -2.31. The molecule has 3 rings (SSSR count). The Morgan fingerprint density at radius 1 is 1.29 bits per heavy atom. The number of amides is 1. The van der Waals surface area contributed by atoms with Crippen LogP contribution >= 0.6 is 15.9 Å². The van der Waals surface area contributed by atoms with Gasteiger partial charge in [-0.1, -0.05) is 35.2 Å². The lowest BCUT2D eigenvalue weighted by Crippen LogP contribution is -2.38. The Bertz CT molecular complexity index is 671. The molecule has 1 amide bonds. The Morgan fingerprint density at radius 3 is 2.71 bits per heavy atom. The quantitative estimate of drug-likeness (QED) is 0.842. The van der Waals surface area contributed by atoms with E-state index < -0.39 is 0 Å². The summed E-state index contributed by atoms with van der Waals surface area (Å²) in [7, 11) is 1.94. The van der Waals surface area contributed by atoms with E-state index in [-0.39, 0.29) is 5.91 Å². The lowest BCUT2D eigenvalue weighted by molar-refractivity contribution is 0.0690. The fraction of sp³-hybridized carbons (Fsp3) is 0.471. The summed E-state index contributed by atoms with van der Waals surface area (Å²) in [4.78, 5) is 18.0. The summed E-state index contributed by atoms with van der Waals surface area (Å²) >= 11 is 3.50. The van der Waals surface area contributed by atoms with Gasteiger partial charge >= 0.3 is 0 Å². The number of fused-ring (bicyclic) bond motifs is 1. The first kappa shape index (κ1) is 14.6. The number of nitrogens with zero attached hydrogens (tertiary/aromatic N) is 1. The monoisotopic (exact) mass is 348 g/mol. The van der Waals surface area contributed by atoms with Gasteiger partial charge < -0.3 is 9.88 Å². The van der Waals surface area contributed by atoms with Gasteiger partial charge in [0.2, 0.25) is 0 Å². The maximum atomic E-state index is 12.8. The van der Waals surface area contributed by atoms with Gasteiger partial charge in [-0.3, -0.25) is 4.79 Å². The van der Waals surface area contributed by atoms with Gasteiger partial charge in [-0.05, 0) is 43.5 Å². The second-order valence-corrected chi connectivity index (χ2v) is 6.94. The van der Waals surface area contributed by atoms with Crippen molar-refractivity contribution in [3.63, 3.8) is 0 Å². The van der Waals surface area contributed by atoms with Crippen LogP contribution in [-0.2, 0) is 0 Å². The summed E-state index contributed by atoms with van der Waals surface area (Å²) in [6, 6.07) is 6.48. The van der Waals surface area contributed by atoms with Crippen LogP contribution < -0.4 is 0 Å². The number of aromatic amines is 1. The second kappa shape index (κ2) is 5.84. The number of benzene rings is 1. The Morgan fingerprint density at radius 2 is 2.00 bits per heavy atom. The number of aromatic nitrogens is 1. The number of hydrogen-bond donors (Lipinski definition) is 1. The van der Waals surface area contributed by atoms with Gasteiger partial charge in [0.05, 0.1) is 0 Å². The molecule has 1 N–H and O–H groups in total. The van der Waals surface area contributed by atoms with Crippen LogP contribution in [0, 0.1) is 6.92 Å². The van der Waals surface area contributed by atoms with Crippen molar-refractivity contribution in [2.45, 2.75) is 45.1 Å². The van der Waals surface area contributed by atoms with Gasteiger partial charge in [0.1, 0.15) is 5.69 Å². The zero-order valence-electron chi connectivity index (χ0n) is 12.6. The molecule has 0 atom stereocenters. The molecule has 1 aromatic heterocycles. The van der Waals surface area contributed by atoms with Crippen LogP contribution in [0.1, 0.15) is 48.2 Å². The highest BCUT2D eigenvalue weighted by molar-refractivity contribution is 9.10. The van der Waals surface area contributed by atoms with E-state index in [4.69, 9.17) is 0 Å². The van der Waals surface area contributed by atoms with Crippen molar-refractivity contribution in [2.24, 2.45) is 0 Å². The largest absolute Gasteiger partial charge is 0.350 e. The summed E-state index contributed by atoms with van der Waals surface area (Å²) in [6.07, 6.45) is 6.04. The third-order valence-corrected chi connectivity index (χ3v) is 5.17. The van der Waals surface area contributed by atoms with E-state index in [0.717, 1.165) is 39.5 Å². The van der Waals surface area contributed by atoms with Crippen LogP contribution in [0.2, 0.25) is 0 Å². The van der Waals surface area contributed by atoms with Crippen molar-refractivity contribution in [3.8, 4) is 0 Å². The highest BCUT2D eigenvalue weighted by Gasteiger charge is 2.25. The van der Waals surface area contributed by atoms with E-state index in [1.54, 1.807) is 0 Å². The van der Waals surface area contributed by atoms with Crippen LogP contribution in [0.25, 0.3) is 10.9 Å². The van der Waals surface area contributed by atoms with Gasteiger partial charge in [-0.25, -0.2) is 0 Å². The summed E-state index contributed by atoms with van der Waals surface area (Å²) in [5, 5.41) is 1.12. The number of halogens is 1. The molecular weight excluding hydrogens is 328 g/mol. The molecule has 0 saturated heterocycles. The van der Waals surface area contributed by atoms with E-state index in [1.165, 1.54) is 19.3 Å². The van der Waals surface area contributed by atoms with Crippen molar-refractivity contribution in [3.05, 3.63) is 33.9 Å². The Kier molecular flexibility index (Phi) is 4.07. The molecular formula is C17H21BrN2O. The minimum absolute atomic E-state index is 0.117. The van der Waals surface area contributed by atoms with E-state index >= 15 is 0 Å². The Balaban J connectivity index is 1.92. The van der Waals surface area contributed by atoms with Crippen LogP contribution in [0.4, 0.5) is 0 Å². The molecule has 0 bridgehead atoms. The topological polar surface area (TPSA) is 36.1 Å². The molecule has 1 heterocycles. The Hall–Kier alpha value is -1.29. The summed E-state index contributed by atoms with van der Waals surface area (Å²) < 4.78 is 1.04. The molecule has 1 saturated carbocycles. The van der Waals surface area contributed by atoms with Gasteiger partial charge in [-0.15, -0.1) is 0 Å². The minimum atomic E-state index is 0.117. The molecule has 3 nitrogen and oxygen atoms in total. The molecule has 0 aliphatic heterocycles. The molecule has 1 aliphatic carbocycles. The van der Waals surface area contributed by atoms with Crippen molar-refractivity contribution < 1.29 is 4.79 Å². The number of carbonyl (C=O) groups is 1. The van der Waals surface area contributed by atoms with Crippen LogP contribution in [0.5, 0.6) is 0 Å². The highest BCUT2D eigenvalue weighted by Crippen LogP contribution is 2.28. The first-order chi connectivity index (χ1) is 10.1. The zero-order chi connectivity index (χ0) is 15.0. The third kappa shape index (κ3) is 2.73. The molecule has 0 unspecified atom stereocenters. The van der Waals surface area contributed by atoms with Crippen molar-refractivity contribution in [2.75, 3.05) is 7.05 Å². The summed E-state index contributed by atoms with van der Waals surface area (Å²) in [6.45, 7) is 2.02. The van der Waals surface area contributed by atoms with E-state index in [1.807, 2.05) is 31.0 Å². The number of rotatable bonds is 2. The van der Waals surface area contributed by atoms with Crippen molar-refractivity contribution in [1.82, 2.24) is 9.88 Å². The van der Waals surface area contributed by atoms with Gasteiger partial charge in [-0.2, -0.15) is 0 Å². The SMILES string of the molecule is Cc1c(C(=O)N(C)C2CCCCC2)[nH]c2ccc(Br)cc12. The minimum Gasteiger partial charge on any atom is -0.350 e. The number of H-pyrrole nitrogens is 1. The van der Waals surface area contributed by atoms with Crippen LogP contribution in [0.15, 0.2) is 22.7 Å². The van der Waals surface area contributed by atoms with Crippen molar-refractivity contribution >= 4 is 32.7 Å². The molecule has 0 spiro atoms. The number of nitrogens with one attached hydrogen (secondary N) is 1. The molecule has 1 aliphatic rings. The average Bonchev–Trinajstić information content (AvgIpc) is 2.83. The average molecular weight is 349 g/mol. The van der Waals surface area contributed by atoms with Gasteiger partial charge in [0.15, 0.2) is 0 Å². The van der Waals surface area contributed by atoms with Crippen LogP contribution in [-0.4, -0.2) is 28.9 Å². The van der Waals surface area contributed by atoms with Crippen LogP contribution in [0.3, 0.4) is 0 Å². The molecule has 21 heavy (non-hydrogen) atoms. The lowest BCUT2D eigenvalue weighted by atomic mass is 9.94. The molecule has 2 aromatic rings. The smallest absolute Gasteiger partial charge is 0.270 e. The highest BCUT2D eigenvalue weighted by atomic mass is 79.9. The molecule has 4 heteroatoms. The predicted molar refractivity (Wildman–Crippen MR) is 89.7 cm³/mol. The van der Waals surface area contributed by atoms with Crippen molar-refractivity contribution in [1.29, 1.82) is 0 Å². The predicted octanol–water partition coefficient (Wildman–Crippen LogP) is 4.64.